The number of amides is 2. The van der Waals surface area contributed by atoms with Gasteiger partial charge in [-0.05, 0) is 24.5 Å². The van der Waals surface area contributed by atoms with Crippen LogP contribution in [0.15, 0.2) is 34.9 Å². The number of hydrogen-bond donors (Lipinski definition) is 1. The smallest absolute Gasteiger partial charge is 0.292 e. The summed E-state index contributed by atoms with van der Waals surface area (Å²) >= 11 is 0. The highest BCUT2D eigenvalue weighted by atomic mass is 16.5. The lowest BCUT2D eigenvalue weighted by Gasteiger charge is -2.33. The summed E-state index contributed by atoms with van der Waals surface area (Å²) in [6.45, 7) is 8.75. The van der Waals surface area contributed by atoms with Crippen molar-refractivity contribution in [2.45, 2.75) is 26.7 Å². The molecule has 0 unspecified atom stereocenters. The maximum Gasteiger partial charge on any atom is 0.292 e. The number of anilines is 1. The van der Waals surface area contributed by atoms with Crippen molar-refractivity contribution in [3.05, 3.63) is 47.3 Å². The molecule has 0 spiro atoms. The lowest BCUT2D eigenvalue weighted by atomic mass is 10.0. The van der Waals surface area contributed by atoms with Crippen LogP contribution in [0.5, 0.6) is 0 Å². The molecule has 0 saturated carbocycles. The van der Waals surface area contributed by atoms with Crippen LogP contribution in [0.1, 0.15) is 41.6 Å². The molecule has 7 nitrogen and oxygen atoms in total. The average Bonchev–Trinajstić information content (AvgIpc) is 3.08. The predicted octanol–water partition coefficient (Wildman–Crippen LogP) is 2.50. The number of piperazine rings is 1. The zero-order chi connectivity index (χ0) is 19.4. The highest BCUT2D eigenvalue weighted by Crippen LogP contribution is 2.23. The standard InChI is InChI=1S/C20H26N4O3/c1-14(2)16-6-4-5-7-17(16)21-19(25)13-23-8-10-24(11-9-23)20(26)18-12-15(3)22-27-18/h4-7,12,14H,8-11,13H2,1-3H3,(H,21,25). The Morgan fingerprint density at radius 2 is 1.89 bits per heavy atom. The van der Waals surface area contributed by atoms with Crippen LogP contribution >= 0.6 is 0 Å². The number of nitrogens with zero attached hydrogens (tertiary/aromatic N) is 3. The van der Waals surface area contributed by atoms with Crippen molar-refractivity contribution < 1.29 is 14.1 Å². The number of aryl methyl sites for hydroxylation is 1. The van der Waals surface area contributed by atoms with Crippen LogP contribution in [0.25, 0.3) is 0 Å². The normalized spacial score (nSPS) is 15.2. The van der Waals surface area contributed by atoms with E-state index in [0.29, 0.717) is 44.3 Å². The molecule has 0 aliphatic carbocycles. The maximum absolute atomic E-state index is 12.4. The Morgan fingerprint density at radius 3 is 2.52 bits per heavy atom. The predicted molar refractivity (Wildman–Crippen MR) is 103 cm³/mol. The molecule has 2 amide bonds. The first-order chi connectivity index (χ1) is 12.9. The van der Waals surface area contributed by atoms with E-state index in [9.17, 15) is 9.59 Å². The monoisotopic (exact) mass is 370 g/mol. The van der Waals surface area contributed by atoms with E-state index in [2.05, 4.69) is 29.2 Å². The fourth-order valence-corrected chi connectivity index (χ4v) is 3.24. The van der Waals surface area contributed by atoms with Gasteiger partial charge in [-0.25, -0.2) is 0 Å². The highest BCUT2D eigenvalue weighted by molar-refractivity contribution is 5.93. The third-order valence-electron chi connectivity index (χ3n) is 4.72. The van der Waals surface area contributed by atoms with Crippen molar-refractivity contribution in [2.24, 2.45) is 0 Å². The van der Waals surface area contributed by atoms with Crippen LogP contribution in [0, 0.1) is 6.92 Å². The molecule has 144 valence electrons. The minimum Gasteiger partial charge on any atom is -0.351 e. The molecule has 2 heterocycles. The molecule has 1 aromatic carbocycles. The first-order valence-corrected chi connectivity index (χ1v) is 9.27. The molecule has 1 saturated heterocycles. The first-order valence-electron chi connectivity index (χ1n) is 9.27. The minimum absolute atomic E-state index is 0.0336. The van der Waals surface area contributed by atoms with Gasteiger partial charge in [0.25, 0.3) is 5.91 Å². The van der Waals surface area contributed by atoms with Crippen LogP contribution < -0.4 is 5.32 Å². The summed E-state index contributed by atoms with van der Waals surface area (Å²) < 4.78 is 5.05. The number of nitrogens with one attached hydrogen (secondary N) is 1. The molecule has 1 fully saturated rings. The van der Waals surface area contributed by atoms with Gasteiger partial charge in [0.1, 0.15) is 0 Å². The molecular formula is C20H26N4O3. The summed E-state index contributed by atoms with van der Waals surface area (Å²) in [6, 6.07) is 9.53. The summed E-state index contributed by atoms with van der Waals surface area (Å²) in [4.78, 5) is 28.6. The lowest BCUT2D eigenvalue weighted by Crippen LogP contribution is -2.50. The molecular weight excluding hydrogens is 344 g/mol. The fourth-order valence-electron chi connectivity index (χ4n) is 3.24. The fraction of sp³-hybridized carbons (Fsp3) is 0.450. The van der Waals surface area contributed by atoms with Crippen molar-refractivity contribution in [2.75, 3.05) is 38.0 Å². The largest absolute Gasteiger partial charge is 0.351 e. The lowest BCUT2D eigenvalue weighted by molar-refractivity contribution is -0.117. The molecule has 0 bridgehead atoms. The van der Waals surface area contributed by atoms with Crippen molar-refractivity contribution in [1.82, 2.24) is 15.0 Å². The van der Waals surface area contributed by atoms with Gasteiger partial charge in [0.2, 0.25) is 11.7 Å². The van der Waals surface area contributed by atoms with Gasteiger partial charge in [-0.1, -0.05) is 37.2 Å². The quantitative estimate of drug-likeness (QED) is 0.875. The number of aromatic nitrogens is 1. The molecule has 7 heteroatoms. The van der Waals surface area contributed by atoms with Gasteiger partial charge in [-0.2, -0.15) is 0 Å². The maximum atomic E-state index is 12.4. The van der Waals surface area contributed by atoms with E-state index in [1.165, 1.54) is 0 Å². The molecule has 27 heavy (non-hydrogen) atoms. The third-order valence-corrected chi connectivity index (χ3v) is 4.72. The van der Waals surface area contributed by atoms with Crippen LogP contribution in [-0.2, 0) is 4.79 Å². The number of para-hydroxylation sites is 1. The summed E-state index contributed by atoms with van der Waals surface area (Å²) in [5.74, 6) is 0.430. The second-order valence-corrected chi connectivity index (χ2v) is 7.19. The zero-order valence-electron chi connectivity index (χ0n) is 16.1. The Bertz CT molecular complexity index is 807. The van der Waals surface area contributed by atoms with E-state index in [1.807, 2.05) is 24.3 Å². The van der Waals surface area contributed by atoms with Crippen LogP contribution in [0.2, 0.25) is 0 Å². The Hall–Kier alpha value is -2.67. The molecule has 3 rings (SSSR count). The molecule has 1 aliphatic heterocycles. The number of carbonyl (C=O) groups is 2. The second kappa shape index (κ2) is 8.35. The third kappa shape index (κ3) is 4.74. The van der Waals surface area contributed by atoms with E-state index in [1.54, 1.807) is 17.9 Å². The number of rotatable bonds is 5. The molecule has 1 N–H and O–H groups in total. The van der Waals surface area contributed by atoms with E-state index in [0.717, 1.165) is 11.3 Å². The molecule has 0 radical (unpaired) electrons. The van der Waals surface area contributed by atoms with E-state index in [4.69, 9.17) is 4.52 Å². The number of hydrogen-bond acceptors (Lipinski definition) is 5. The summed E-state index contributed by atoms with van der Waals surface area (Å²) in [7, 11) is 0. The summed E-state index contributed by atoms with van der Waals surface area (Å²) in [5.41, 5.74) is 2.69. The molecule has 2 aromatic rings. The van der Waals surface area contributed by atoms with Gasteiger partial charge in [-0.3, -0.25) is 14.5 Å². The molecule has 1 aliphatic rings. The van der Waals surface area contributed by atoms with Crippen molar-refractivity contribution in [1.29, 1.82) is 0 Å². The number of benzene rings is 1. The number of carbonyl (C=O) groups excluding carboxylic acids is 2. The van der Waals surface area contributed by atoms with Crippen LogP contribution in [0.4, 0.5) is 5.69 Å². The second-order valence-electron chi connectivity index (χ2n) is 7.19. The SMILES string of the molecule is Cc1cc(C(=O)N2CCN(CC(=O)Nc3ccccc3C(C)C)CC2)on1. The molecule has 0 atom stereocenters. The Morgan fingerprint density at radius 1 is 1.19 bits per heavy atom. The van der Waals surface area contributed by atoms with E-state index >= 15 is 0 Å². The van der Waals surface area contributed by atoms with Gasteiger partial charge >= 0.3 is 0 Å². The van der Waals surface area contributed by atoms with Gasteiger partial charge in [0.05, 0.1) is 12.2 Å². The highest BCUT2D eigenvalue weighted by Gasteiger charge is 2.25. The van der Waals surface area contributed by atoms with Gasteiger partial charge < -0.3 is 14.7 Å². The Labute approximate surface area is 159 Å². The topological polar surface area (TPSA) is 78.7 Å². The Kier molecular flexibility index (Phi) is 5.91. The summed E-state index contributed by atoms with van der Waals surface area (Å²) in [6.07, 6.45) is 0. The summed E-state index contributed by atoms with van der Waals surface area (Å²) in [5, 5.41) is 6.78. The van der Waals surface area contributed by atoms with Gasteiger partial charge in [-0.15, -0.1) is 0 Å². The first kappa shape index (κ1) is 19.1. The van der Waals surface area contributed by atoms with E-state index < -0.39 is 0 Å². The van der Waals surface area contributed by atoms with Crippen molar-refractivity contribution in [3.63, 3.8) is 0 Å². The Balaban J connectivity index is 1.50. The van der Waals surface area contributed by atoms with Gasteiger partial charge in [0, 0.05) is 37.9 Å². The average molecular weight is 370 g/mol. The van der Waals surface area contributed by atoms with Crippen LogP contribution in [-0.4, -0.2) is 59.5 Å². The van der Waals surface area contributed by atoms with Crippen LogP contribution in [0.3, 0.4) is 0 Å². The minimum atomic E-state index is -0.148. The molecule has 1 aromatic heterocycles. The van der Waals surface area contributed by atoms with E-state index in [-0.39, 0.29) is 17.6 Å². The zero-order valence-corrected chi connectivity index (χ0v) is 16.1. The van der Waals surface area contributed by atoms with Crippen molar-refractivity contribution in [3.8, 4) is 0 Å². The van der Waals surface area contributed by atoms with Gasteiger partial charge in [0.15, 0.2) is 0 Å². The van der Waals surface area contributed by atoms with Crippen molar-refractivity contribution >= 4 is 17.5 Å².